The predicted octanol–water partition coefficient (Wildman–Crippen LogP) is 6.27. The van der Waals surface area contributed by atoms with Gasteiger partial charge in [-0.2, -0.15) is 13.5 Å². The molecule has 0 atom stereocenters. The van der Waals surface area contributed by atoms with Crippen LogP contribution in [0.5, 0.6) is 5.75 Å². The zero-order chi connectivity index (χ0) is 24.1. The van der Waals surface area contributed by atoms with Gasteiger partial charge in [0.05, 0.1) is 27.8 Å². The van der Waals surface area contributed by atoms with Crippen LogP contribution in [0, 0.1) is 5.53 Å². The maximum absolute atomic E-state index is 13.0. The fourth-order valence-electron chi connectivity index (χ4n) is 3.64. The molecule has 34 heavy (non-hydrogen) atoms. The molecule has 1 N–H and O–H groups in total. The first-order valence-electron chi connectivity index (χ1n) is 11.1. The van der Waals surface area contributed by atoms with Crippen LogP contribution in [0.4, 0.5) is 5.69 Å². The number of hydrogen-bond donors (Lipinski definition) is 1. The van der Waals surface area contributed by atoms with E-state index in [0.29, 0.717) is 22.8 Å². The van der Waals surface area contributed by atoms with Gasteiger partial charge in [0.15, 0.2) is 0 Å². The highest BCUT2D eigenvalue weighted by Gasteiger charge is 2.18. The maximum atomic E-state index is 13.0. The summed E-state index contributed by atoms with van der Waals surface area (Å²) in [6.45, 7) is 4.54. The van der Waals surface area contributed by atoms with E-state index in [4.69, 9.17) is 10.3 Å². The number of thiazole rings is 1. The summed E-state index contributed by atoms with van der Waals surface area (Å²) in [7, 11) is -3.91. The molecule has 0 unspecified atom stereocenters. The number of nitrogens with one attached hydrogen (secondary N) is 1. The van der Waals surface area contributed by atoms with E-state index in [2.05, 4.69) is 23.4 Å². The van der Waals surface area contributed by atoms with E-state index in [1.807, 2.05) is 41.0 Å². The van der Waals surface area contributed by atoms with Crippen LogP contribution in [-0.4, -0.2) is 19.1 Å². The molecule has 176 valence electrons. The fraction of sp³-hybridized carbons (Fsp3) is 0.240. The topological polar surface area (TPSA) is 96.9 Å². The lowest BCUT2D eigenvalue weighted by Crippen LogP contribution is -2.18. The molecule has 0 aliphatic heterocycles. The van der Waals surface area contributed by atoms with Gasteiger partial charge in [-0.15, -0.1) is 4.40 Å². The number of benzene rings is 3. The Balaban J connectivity index is 1.94. The molecule has 0 aliphatic rings. The zero-order valence-corrected chi connectivity index (χ0v) is 20.6. The minimum Gasteiger partial charge on any atom is -0.488 e. The van der Waals surface area contributed by atoms with E-state index in [1.54, 1.807) is 24.3 Å². The van der Waals surface area contributed by atoms with E-state index in [1.165, 1.54) is 23.5 Å². The second kappa shape index (κ2) is 10.3. The monoisotopic (exact) mass is 494 g/mol. The maximum Gasteiger partial charge on any atom is 0.285 e. The van der Waals surface area contributed by atoms with Crippen LogP contribution in [0.1, 0.15) is 32.3 Å². The van der Waals surface area contributed by atoms with Gasteiger partial charge >= 0.3 is 0 Å². The number of hydrogen-bond acceptors (Lipinski definition) is 6. The third-order valence-electron chi connectivity index (χ3n) is 5.51. The van der Waals surface area contributed by atoms with Crippen molar-refractivity contribution >= 4 is 37.3 Å². The largest absolute Gasteiger partial charge is 0.488 e. The van der Waals surface area contributed by atoms with Crippen molar-refractivity contribution in [1.29, 1.82) is 5.53 Å². The molecule has 0 fully saturated rings. The van der Waals surface area contributed by atoms with Gasteiger partial charge in [0.2, 0.25) is 4.80 Å². The molecule has 7 nitrogen and oxygen atoms in total. The van der Waals surface area contributed by atoms with Crippen molar-refractivity contribution in [3.8, 4) is 5.75 Å². The number of ether oxygens (including phenoxy) is 1. The summed E-state index contributed by atoms with van der Waals surface area (Å²) in [5, 5.41) is 3.66. The minimum absolute atomic E-state index is 0.00164. The van der Waals surface area contributed by atoms with E-state index >= 15 is 0 Å². The highest BCUT2D eigenvalue weighted by molar-refractivity contribution is 7.90. The van der Waals surface area contributed by atoms with Crippen molar-refractivity contribution in [2.45, 2.75) is 44.2 Å². The normalized spacial score (nSPS) is 12.4. The van der Waals surface area contributed by atoms with Crippen molar-refractivity contribution in [1.82, 2.24) is 4.57 Å². The van der Waals surface area contributed by atoms with Gasteiger partial charge in [-0.3, -0.25) is 0 Å². The molecule has 3 aromatic carbocycles. The first-order chi connectivity index (χ1) is 16.4. The van der Waals surface area contributed by atoms with Gasteiger partial charge in [-0.25, -0.2) is 5.53 Å². The highest BCUT2D eigenvalue weighted by atomic mass is 32.2. The molecular weight excluding hydrogens is 468 g/mol. The van der Waals surface area contributed by atoms with E-state index in [0.717, 1.165) is 28.6 Å². The van der Waals surface area contributed by atoms with Crippen molar-refractivity contribution < 1.29 is 13.2 Å². The molecule has 4 rings (SSSR count). The summed E-state index contributed by atoms with van der Waals surface area (Å²) in [5.74, 6) is 0.508. The number of sulfonamides is 1. The van der Waals surface area contributed by atoms with Gasteiger partial charge in [0.25, 0.3) is 10.0 Å². The standard InChI is InChI=1S/C25H26N4O3S2/c1-3-19(4-2)32-23-16-22-24(15-21(23)27-26)33-25(29(22)17-18-11-7-5-8-12-18)28-34(30,31)20-13-9-6-10-14-20/h5-16,19,26H,3-4,17H2,1-2H3. The second-order valence-electron chi connectivity index (χ2n) is 7.79. The van der Waals surface area contributed by atoms with Crippen molar-refractivity contribution in [3.05, 3.63) is 83.2 Å². The van der Waals surface area contributed by atoms with Crippen LogP contribution in [0.25, 0.3) is 10.2 Å². The van der Waals surface area contributed by atoms with Gasteiger partial charge in [-0.1, -0.05) is 73.7 Å². The number of fused-ring (bicyclic) bond motifs is 1. The molecule has 4 aromatic rings. The molecule has 1 heterocycles. The summed E-state index contributed by atoms with van der Waals surface area (Å²) in [5.41, 5.74) is 9.84. The summed E-state index contributed by atoms with van der Waals surface area (Å²) in [4.78, 5) is 0.483. The smallest absolute Gasteiger partial charge is 0.285 e. The molecule has 0 bridgehead atoms. The number of nitrogens with zero attached hydrogens (tertiary/aromatic N) is 3. The van der Waals surface area contributed by atoms with Gasteiger partial charge in [0.1, 0.15) is 11.4 Å². The Kier molecular flexibility index (Phi) is 7.23. The first kappa shape index (κ1) is 23.8. The molecule has 1 aromatic heterocycles. The lowest BCUT2D eigenvalue weighted by molar-refractivity contribution is 0.194. The molecule has 0 saturated carbocycles. The number of aromatic nitrogens is 1. The zero-order valence-electron chi connectivity index (χ0n) is 19.0. The van der Waals surface area contributed by atoms with Crippen LogP contribution in [0.15, 0.2) is 87.2 Å². The van der Waals surface area contributed by atoms with Gasteiger partial charge in [-0.05, 0) is 36.6 Å². The van der Waals surface area contributed by atoms with Crippen LogP contribution >= 0.6 is 11.3 Å². The SMILES string of the molecule is CCC(CC)Oc1cc2c(cc1N=N)sc(=NS(=O)(=O)c1ccccc1)n2Cc1ccccc1. The van der Waals surface area contributed by atoms with E-state index < -0.39 is 10.0 Å². The Hall–Kier alpha value is -3.30. The van der Waals surface area contributed by atoms with E-state index in [9.17, 15) is 8.42 Å². The highest BCUT2D eigenvalue weighted by Crippen LogP contribution is 2.35. The summed E-state index contributed by atoms with van der Waals surface area (Å²) in [6, 6.07) is 21.6. The van der Waals surface area contributed by atoms with Crippen LogP contribution < -0.4 is 9.54 Å². The molecule has 0 radical (unpaired) electrons. The van der Waals surface area contributed by atoms with Crippen LogP contribution in [0.2, 0.25) is 0 Å². The van der Waals surface area contributed by atoms with E-state index in [-0.39, 0.29) is 11.0 Å². The quantitative estimate of drug-likeness (QED) is 0.278. The molecule has 0 spiro atoms. The molecule has 0 saturated heterocycles. The average molecular weight is 495 g/mol. The summed E-state index contributed by atoms with van der Waals surface area (Å²) < 4.78 is 39.1. The lowest BCUT2D eigenvalue weighted by Gasteiger charge is -2.17. The van der Waals surface area contributed by atoms with Crippen molar-refractivity contribution in [2.24, 2.45) is 9.51 Å². The predicted molar refractivity (Wildman–Crippen MR) is 134 cm³/mol. The minimum atomic E-state index is -3.91. The first-order valence-corrected chi connectivity index (χ1v) is 13.3. The van der Waals surface area contributed by atoms with Crippen molar-refractivity contribution in [3.63, 3.8) is 0 Å². The third kappa shape index (κ3) is 5.10. The Labute approximate surface area is 202 Å². The van der Waals surface area contributed by atoms with Crippen LogP contribution in [-0.2, 0) is 16.6 Å². The Bertz CT molecular complexity index is 1460. The number of rotatable bonds is 9. The average Bonchev–Trinajstić information content (AvgIpc) is 3.18. The van der Waals surface area contributed by atoms with Crippen LogP contribution in [0.3, 0.4) is 0 Å². The molecule has 0 aliphatic carbocycles. The van der Waals surface area contributed by atoms with Crippen molar-refractivity contribution in [2.75, 3.05) is 0 Å². The van der Waals surface area contributed by atoms with Gasteiger partial charge in [0, 0.05) is 6.07 Å². The third-order valence-corrected chi connectivity index (χ3v) is 7.95. The Morgan fingerprint density at radius 3 is 2.26 bits per heavy atom. The second-order valence-corrected chi connectivity index (χ2v) is 10.4. The Morgan fingerprint density at radius 1 is 1.00 bits per heavy atom. The summed E-state index contributed by atoms with van der Waals surface area (Å²) >= 11 is 1.25. The fourth-order valence-corrected chi connectivity index (χ4v) is 5.91. The Morgan fingerprint density at radius 2 is 1.65 bits per heavy atom. The van der Waals surface area contributed by atoms with Gasteiger partial charge < -0.3 is 9.30 Å². The molecule has 0 amide bonds. The summed E-state index contributed by atoms with van der Waals surface area (Å²) in [6.07, 6.45) is 1.66. The molecule has 9 heteroatoms. The lowest BCUT2D eigenvalue weighted by atomic mass is 10.2. The molecular formula is C25H26N4O3S2.